The maximum absolute atomic E-state index is 5.87. The molecule has 30 heavy (non-hydrogen) atoms. The monoisotopic (exact) mass is 402 g/mol. The molecule has 4 aromatic rings. The number of para-hydroxylation sites is 1. The number of benzene rings is 2. The first-order chi connectivity index (χ1) is 14.6. The highest BCUT2D eigenvalue weighted by Gasteiger charge is 2.12. The Balaban J connectivity index is 1.38. The van der Waals surface area contributed by atoms with Crippen LogP contribution in [-0.4, -0.2) is 26.6 Å². The highest BCUT2D eigenvalue weighted by molar-refractivity contribution is 5.33. The first kappa shape index (κ1) is 19.9. The molecule has 0 radical (unpaired) electrons. The third-order valence-electron chi connectivity index (χ3n) is 4.99. The van der Waals surface area contributed by atoms with Crippen LogP contribution < -0.4 is 4.74 Å². The Morgan fingerprint density at radius 2 is 1.63 bits per heavy atom. The van der Waals surface area contributed by atoms with E-state index in [1.807, 2.05) is 56.3 Å². The van der Waals surface area contributed by atoms with Gasteiger partial charge in [0.1, 0.15) is 11.5 Å². The van der Waals surface area contributed by atoms with Crippen LogP contribution in [0.1, 0.15) is 41.2 Å². The van der Waals surface area contributed by atoms with Crippen LogP contribution in [0, 0.1) is 13.8 Å². The van der Waals surface area contributed by atoms with Gasteiger partial charge >= 0.3 is 0 Å². The molecule has 0 aliphatic rings. The molecule has 0 amide bonds. The number of aromatic nitrogens is 4. The minimum absolute atomic E-state index is 0.567. The van der Waals surface area contributed by atoms with E-state index in [4.69, 9.17) is 14.3 Å². The maximum Gasteiger partial charge on any atom is 0.191 e. The lowest BCUT2D eigenvalue weighted by molar-refractivity contribution is 0.320. The molecule has 0 atom stereocenters. The lowest BCUT2D eigenvalue weighted by Gasteiger charge is -2.06. The van der Waals surface area contributed by atoms with Crippen LogP contribution in [0.5, 0.6) is 5.75 Å². The predicted octanol–water partition coefficient (Wildman–Crippen LogP) is 4.65. The molecule has 2 heterocycles. The summed E-state index contributed by atoms with van der Waals surface area (Å²) in [6.07, 6.45) is 2.32. The average Bonchev–Trinajstić information content (AvgIpc) is 3.32. The molecule has 2 aromatic carbocycles. The molecule has 6 heteroatoms. The number of hydrogen-bond acceptors (Lipinski definition) is 5. The average molecular weight is 402 g/mol. The molecule has 4 rings (SSSR count). The maximum atomic E-state index is 5.87. The van der Waals surface area contributed by atoms with Gasteiger partial charge in [-0.05, 0) is 43.2 Å². The molecule has 0 fully saturated rings. The van der Waals surface area contributed by atoms with Crippen molar-refractivity contribution in [2.75, 3.05) is 6.61 Å². The molecule has 0 saturated heterocycles. The van der Waals surface area contributed by atoms with Crippen molar-refractivity contribution in [3.8, 4) is 11.4 Å². The fraction of sp³-hybridized carbons (Fsp3) is 0.292. The van der Waals surface area contributed by atoms with E-state index in [1.54, 1.807) is 4.80 Å². The predicted molar refractivity (Wildman–Crippen MR) is 115 cm³/mol. The molecule has 0 N–H and O–H groups in total. The van der Waals surface area contributed by atoms with E-state index in [2.05, 4.69) is 29.1 Å². The highest BCUT2D eigenvalue weighted by Crippen LogP contribution is 2.18. The molecular weight excluding hydrogens is 376 g/mol. The van der Waals surface area contributed by atoms with Gasteiger partial charge in [-0.3, -0.25) is 0 Å². The second-order valence-electron chi connectivity index (χ2n) is 7.23. The summed E-state index contributed by atoms with van der Waals surface area (Å²) in [4.78, 5) is 6.10. The highest BCUT2D eigenvalue weighted by atomic mass is 16.5. The summed E-state index contributed by atoms with van der Waals surface area (Å²) in [5.74, 6) is 2.41. The molecule has 0 aliphatic carbocycles. The quantitative estimate of drug-likeness (QED) is 0.429. The second-order valence-corrected chi connectivity index (χ2v) is 7.23. The van der Waals surface area contributed by atoms with Crippen molar-refractivity contribution in [1.82, 2.24) is 20.0 Å². The third kappa shape index (κ3) is 4.59. The SMILES string of the molecule is CCc1nn(-c2ccccc2)nc1Cc1ccc(OCCc2nc(C)oc2C)cc1. The van der Waals surface area contributed by atoms with Gasteiger partial charge in [-0.1, -0.05) is 37.3 Å². The van der Waals surface area contributed by atoms with Gasteiger partial charge in [-0.25, -0.2) is 4.98 Å². The van der Waals surface area contributed by atoms with Crippen molar-refractivity contribution in [1.29, 1.82) is 0 Å². The largest absolute Gasteiger partial charge is 0.493 e. The first-order valence-electron chi connectivity index (χ1n) is 10.3. The van der Waals surface area contributed by atoms with E-state index < -0.39 is 0 Å². The van der Waals surface area contributed by atoms with Gasteiger partial charge in [0.25, 0.3) is 0 Å². The lowest BCUT2D eigenvalue weighted by Crippen LogP contribution is -2.03. The summed E-state index contributed by atoms with van der Waals surface area (Å²) in [7, 11) is 0. The molecule has 0 bridgehead atoms. The number of hydrogen-bond donors (Lipinski definition) is 0. The zero-order chi connectivity index (χ0) is 20.9. The van der Waals surface area contributed by atoms with Crippen molar-refractivity contribution in [2.45, 2.75) is 40.0 Å². The van der Waals surface area contributed by atoms with Crippen LogP contribution in [0.2, 0.25) is 0 Å². The summed E-state index contributed by atoms with van der Waals surface area (Å²) < 4.78 is 11.3. The Morgan fingerprint density at radius 1 is 0.900 bits per heavy atom. The van der Waals surface area contributed by atoms with Crippen molar-refractivity contribution >= 4 is 0 Å². The number of oxazole rings is 1. The molecule has 2 aromatic heterocycles. The van der Waals surface area contributed by atoms with E-state index in [0.29, 0.717) is 12.5 Å². The molecular formula is C24H26N4O2. The Kier molecular flexibility index (Phi) is 5.93. The Morgan fingerprint density at radius 3 is 2.30 bits per heavy atom. The van der Waals surface area contributed by atoms with Crippen molar-refractivity contribution in [2.24, 2.45) is 0 Å². The fourth-order valence-corrected chi connectivity index (χ4v) is 3.42. The molecule has 0 aliphatic heterocycles. The van der Waals surface area contributed by atoms with Gasteiger partial charge < -0.3 is 9.15 Å². The smallest absolute Gasteiger partial charge is 0.191 e. The zero-order valence-electron chi connectivity index (χ0n) is 17.6. The summed E-state index contributed by atoms with van der Waals surface area (Å²) in [5.41, 5.74) is 5.14. The normalized spacial score (nSPS) is 11.0. The van der Waals surface area contributed by atoms with Gasteiger partial charge in [0.05, 0.1) is 29.4 Å². The van der Waals surface area contributed by atoms with E-state index in [9.17, 15) is 0 Å². The minimum Gasteiger partial charge on any atom is -0.493 e. The molecule has 0 saturated carbocycles. The fourth-order valence-electron chi connectivity index (χ4n) is 3.42. The van der Waals surface area contributed by atoms with E-state index >= 15 is 0 Å². The van der Waals surface area contributed by atoms with E-state index in [-0.39, 0.29) is 0 Å². The number of aryl methyl sites for hydroxylation is 3. The Hall–Kier alpha value is -3.41. The lowest BCUT2D eigenvalue weighted by atomic mass is 10.1. The van der Waals surface area contributed by atoms with Gasteiger partial charge in [0.15, 0.2) is 5.89 Å². The third-order valence-corrected chi connectivity index (χ3v) is 4.99. The summed E-state index contributed by atoms with van der Waals surface area (Å²) >= 11 is 0. The molecule has 6 nitrogen and oxygen atoms in total. The topological polar surface area (TPSA) is 66.0 Å². The van der Waals surface area contributed by atoms with Gasteiger partial charge in [0.2, 0.25) is 0 Å². The van der Waals surface area contributed by atoms with Gasteiger partial charge in [-0.15, -0.1) is 0 Å². The summed E-state index contributed by atoms with van der Waals surface area (Å²) in [6.45, 7) is 6.47. The van der Waals surface area contributed by atoms with Crippen molar-refractivity contribution in [3.05, 3.63) is 88.9 Å². The Labute approximate surface area is 176 Å². The van der Waals surface area contributed by atoms with E-state index in [1.165, 1.54) is 5.56 Å². The molecule has 0 unspecified atom stereocenters. The Bertz CT molecular complexity index is 1100. The molecule has 154 valence electrons. The van der Waals surface area contributed by atoms with Crippen LogP contribution >= 0.6 is 0 Å². The van der Waals surface area contributed by atoms with Crippen LogP contribution in [-0.2, 0) is 19.3 Å². The number of nitrogens with zero attached hydrogens (tertiary/aromatic N) is 4. The molecule has 0 spiro atoms. The summed E-state index contributed by atoms with van der Waals surface area (Å²) in [6, 6.07) is 18.2. The van der Waals surface area contributed by atoms with Crippen LogP contribution in [0.25, 0.3) is 5.69 Å². The first-order valence-corrected chi connectivity index (χ1v) is 10.3. The number of rotatable bonds is 8. The van der Waals surface area contributed by atoms with Crippen molar-refractivity contribution in [3.63, 3.8) is 0 Å². The van der Waals surface area contributed by atoms with Crippen LogP contribution in [0.3, 0.4) is 0 Å². The van der Waals surface area contributed by atoms with Crippen molar-refractivity contribution < 1.29 is 9.15 Å². The van der Waals surface area contributed by atoms with Crippen LogP contribution in [0.4, 0.5) is 0 Å². The van der Waals surface area contributed by atoms with Crippen LogP contribution in [0.15, 0.2) is 59.0 Å². The van der Waals surface area contributed by atoms with Gasteiger partial charge in [0, 0.05) is 19.8 Å². The zero-order valence-corrected chi connectivity index (χ0v) is 17.6. The summed E-state index contributed by atoms with van der Waals surface area (Å²) in [5, 5.41) is 9.38. The van der Waals surface area contributed by atoms with E-state index in [0.717, 1.165) is 53.5 Å². The standard InChI is InChI=1S/C24H26N4O2/c1-4-22-24(27-28(26-22)20-8-6-5-7-9-20)16-19-10-12-21(13-11-19)29-15-14-23-17(2)30-18(3)25-23/h5-13H,4,14-16H2,1-3H3. The van der Waals surface area contributed by atoms with Gasteiger partial charge in [-0.2, -0.15) is 15.0 Å². The number of ether oxygens (including phenoxy) is 1. The minimum atomic E-state index is 0.567. The second kappa shape index (κ2) is 8.95.